The smallest absolute Gasteiger partial charge is 0.178 e. The lowest BCUT2D eigenvalue weighted by molar-refractivity contribution is -0.715. The normalized spacial score (nSPS) is 10.3. The number of aromatic hydroxyl groups is 1. The van der Waals surface area contributed by atoms with E-state index in [1.807, 2.05) is 0 Å². The van der Waals surface area contributed by atoms with Gasteiger partial charge in [-0.15, -0.1) is 0 Å². The van der Waals surface area contributed by atoms with E-state index >= 15 is 0 Å². The minimum absolute atomic E-state index is 0.269. The molecule has 12 heavy (non-hydrogen) atoms. The zero-order chi connectivity index (χ0) is 9.14. The van der Waals surface area contributed by atoms with E-state index in [1.165, 1.54) is 25.3 Å². The van der Waals surface area contributed by atoms with Crippen molar-refractivity contribution in [1.29, 1.82) is 0 Å². The largest absolute Gasteiger partial charge is 0.628 e. The van der Waals surface area contributed by atoms with Gasteiger partial charge in [0.1, 0.15) is 5.75 Å². The summed E-state index contributed by atoms with van der Waals surface area (Å²) in [6.07, 6.45) is 0. The van der Waals surface area contributed by atoms with Crippen LogP contribution in [0, 0.1) is 10.4 Å². The molecule has 0 aliphatic carbocycles. The molecular weight excluding hydrogens is 162 g/mol. The fourth-order valence-corrected chi connectivity index (χ4v) is 0.806. The van der Waals surface area contributed by atoms with Crippen LogP contribution in [-0.4, -0.2) is 12.2 Å². The summed E-state index contributed by atoms with van der Waals surface area (Å²) in [6, 6.07) is 3.90. The third-order valence-electron chi connectivity index (χ3n) is 1.42. The van der Waals surface area contributed by atoms with Crippen LogP contribution in [0.15, 0.2) is 18.2 Å². The first-order valence-corrected chi connectivity index (χ1v) is 3.23. The van der Waals surface area contributed by atoms with E-state index in [0.29, 0.717) is 5.75 Å². The third-order valence-corrected chi connectivity index (χ3v) is 1.42. The maximum absolute atomic E-state index is 10.4. The van der Waals surface area contributed by atoms with Gasteiger partial charge in [0.25, 0.3) is 0 Å². The lowest BCUT2D eigenvalue weighted by atomic mass is 10.3. The fraction of sp³-hybridized carbons (Fsp3) is 0.143. The summed E-state index contributed by atoms with van der Waals surface area (Å²) in [4.78, 5) is 0. The van der Waals surface area contributed by atoms with Gasteiger partial charge in [0.05, 0.1) is 7.11 Å². The van der Waals surface area contributed by atoms with Crippen molar-refractivity contribution in [3.05, 3.63) is 28.6 Å². The second-order valence-corrected chi connectivity index (χ2v) is 2.17. The Labute approximate surface area is 69.0 Å². The van der Waals surface area contributed by atoms with E-state index in [9.17, 15) is 10.4 Å². The van der Waals surface area contributed by atoms with Crippen molar-refractivity contribution in [2.24, 2.45) is 0 Å². The van der Waals surface area contributed by atoms with Crippen molar-refractivity contribution in [2.75, 3.05) is 7.11 Å². The Kier molecular flexibility index (Phi) is 2.49. The fourth-order valence-electron chi connectivity index (χ4n) is 0.806. The maximum atomic E-state index is 10.4. The summed E-state index contributed by atoms with van der Waals surface area (Å²) in [5.74, 6) is 0.0443. The van der Waals surface area contributed by atoms with E-state index in [4.69, 9.17) is 9.84 Å². The Morgan fingerprint density at radius 2 is 2.08 bits per heavy atom. The standard InChI is InChI=1S/C7H8NO4/c1-12-5-2-3-7(9)6(4-5)8(10)11/h2-4,8-9H,1H3/q-1. The van der Waals surface area contributed by atoms with E-state index in [2.05, 4.69) is 0 Å². The number of methoxy groups -OCH3 is 1. The van der Waals surface area contributed by atoms with E-state index in [0.717, 1.165) is 0 Å². The van der Waals surface area contributed by atoms with Gasteiger partial charge < -0.3 is 25.5 Å². The zero-order valence-corrected chi connectivity index (χ0v) is 6.40. The molecule has 0 heterocycles. The maximum Gasteiger partial charge on any atom is 0.178 e. The van der Waals surface area contributed by atoms with Crippen LogP contribution in [0.4, 0.5) is 5.69 Å². The lowest BCUT2D eigenvalue weighted by Crippen LogP contribution is -2.96. The predicted molar refractivity (Wildman–Crippen MR) is 42.0 cm³/mol. The van der Waals surface area contributed by atoms with Crippen LogP contribution in [0.2, 0.25) is 0 Å². The van der Waals surface area contributed by atoms with Crippen molar-refractivity contribution in [1.82, 2.24) is 0 Å². The first-order valence-electron chi connectivity index (χ1n) is 3.23. The van der Waals surface area contributed by atoms with E-state index in [1.54, 1.807) is 0 Å². The molecule has 0 saturated heterocycles. The number of benzene rings is 1. The Balaban J connectivity index is 3.08. The van der Waals surface area contributed by atoms with Gasteiger partial charge in [-0.25, -0.2) is 0 Å². The number of nitrogens with one attached hydrogen (secondary N) is 1. The highest BCUT2D eigenvalue weighted by atomic mass is 16.8. The first-order chi connectivity index (χ1) is 5.65. The summed E-state index contributed by atoms with van der Waals surface area (Å²) in [6.45, 7) is 0. The van der Waals surface area contributed by atoms with Gasteiger partial charge in [0.15, 0.2) is 11.4 Å². The zero-order valence-electron chi connectivity index (χ0n) is 6.40. The Morgan fingerprint density at radius 1 is 1.42 bits per heavy atom. The molecule has 0 aliphatic heterocycles. The number of ether oxygens (including phenoxy) is 1. The molecule has 0 spiro atoms. The van der Waals surface area contributed by atoms with Crippen LogP contribution in [0.1, 0.15) is 0 Å². The molecular formula is C7H8NO4-. The summed E-state index contributed by atoms with van der Waals surface area (Å²) < 4.78 is 4.76. The highest BCUT2D eigenvalue weighted by Gasteiger charge is 2.04. The molecule has 0 saturated carbocycles. The molecule has 1 aromatic rings. The topological polar surface area (TPSA) is 80.0 Å². The van der Waals surface area contributed by atoms with E-state index in [-0.39, 0.29) is 11.4 Å². The molecule has 0 amide bonds. The highest BCUT2D eigenvalue weighted by Crippen LogP contribution is 2.24. The molecule has 1 aromatic carbocycles. The monoisotopic (exact) mass is 170 g/mol. The van der Waals surface area contributed by atoms with Crippen LogP contribution in [0.3, 0.4) is 0 Å². The van der Waals surface area contributed by atoms with Crippen LogP contribution in [-0.2, 0) is 0 Å². The molecule has 2 N–H and O–H groups in total. The Hall–Kier alpha value is -1.30. The average Bonchev–Trinajstić information content (AvgIpc) is 2.05. The van der Waals surface area contributed by atoms with Crippen LogP contribution >= 0.6 is 0 Å². The van der Waals surface area contributed by atoms with Gasteiger partial charge in [-0.05, 0) is 12.1 Å². The lowest BCUT2D eigenvalue weighted by Gasteiger charge is -2.25. The van der Waals surface area contributed by atoms with Crippen molar-refractivity contribution in [2.45, 2.75) is 0 Å². The van der Waals surface area contributed by atoms with Gasteiger partial charge in [-0.1, -0.05) is 0 Å². The SMILES string of the molecule is COc1ccc(O)c([NH+]([O-])[O-])c1. The second kappa shape index (κ2) is 3.40. The van der Waals surface area contributed by atoms with Crippen molar-refractivity contribution < 1.29 is 15.1 Å². The Morgan fingerprint density at radius 3 is 2.58 bits per heavy atom. The van der Waals surface area contributed by atoms with Crippen LogP contribution in [0.25, 0.3) is 0 Å². The van der Waals surface area contributed by atoms with Crippen LogP contribution < -0.4 is 9.96 Å². The van der Waals surface area contributed by atoms with Crippen molar-refractivity contribution in [3.63, 3.8) is 0 Å². The number of rotatable bonds is 2. The number of hydrogen-bond donors (Lipinski definition) is 2. The molecule has 0 aromatic heterocycles. The van der Waals surface area contributed by atoms with Gasteiger partial charge in [-0.2, -0.15) is 0 Å². The minimum Gasteiger partial charge on any atom is -0.628 e. The van der Waals surface area contributed by atoms with Gasteiger partial charge in [0.2, 0.25) is 0 Å². The number of hydrogen-bond acceptors (Lipinski definition) is 4. The predicted octanol–water partition coefficient (Wildman–Crippen LogP) is -0.0872. The number of quaternary nitrogens is 1. The van der Waals surface area contributed by atoms with Crippen molar-refractivity contribution >= 4 is 5.69 Å². The molecule has 0 fully saturated rings. The summed E-state index contributed by atoms with van der Waals surface area (Å²) in [5.41, 5.74) is -0.269. The third kappa shape index (κ3) is 1.65. The average molecular weight is 170 g/mol. The first kappa shape index (κ1) is 8.79. The van der Waals surface area contributed by atoms with Gasteiger partial charge >= 0.3 is 0 Å². The molecule has 1 rings (SSSR count). The second-order valence-electron chi connectivity index (χ2n) is 2.17. The summed E-state index contributed by atoms with van der Waals surface area (Å²) in [5, 5.41) is 28.3. The molecule has 0 aliphatic rings. The quantitative estimate of drug-likeness (QED) is 0.480. The molecule has 0 unspecified atom stereocenters. The highest BCUT2D eigenvalue weighted by molar-refractivity contribution is 5.49. The molecule has 0 radical (unpaired) electrons. The molecule has 0 atom stereocenters. The van der Waals surface area contributed by atoms with Gasteiger partial charge in [-0.3, -0.25) is 0 Å². The van der Waals surface area contributed by atoms with Crippen molar-refractivity contribution in [3.8, 4) is 11.5 Å². The number of phenolic OH excluding ortho intramolecular Hbond substituents is 1. The summed E-state index contributed by atoms with van der Waals surface area (Å²) >= 11 is 0. The molecule has 5 heteroatoms. The molecule has 66 valence electrons. The van der Waals surface area contributed by atoms with Crippen LogP contribution in [0.5, 0.6) is 11.5 Å². The molecule has 0 bridgehead atoms. The van der Waals surface area contributed by atoms with E-state index < -0.39 is 5.23 Å². The Bertz CT molecular complexity index is 274. The van der Waals surface area contributed by atoms with Gasteiger partial charge in [0, 0.05) is 6.07 Å². The summed E-state index contributed by atoms with van der Waals surface area (Å²) in [7, 11) is 1.41. The minimum atomic E-state index is -1.42. The number of phenols is 1. The molecule has 5 nitrogen and oxygen atoms in total.